The third kappa shape index (κ3) is 3.20. The number of urea groups is 2. The molecule has 4 rings (SSSR count). The zero-order valence-electron chi connectivity index (χ0n) is 16.2. The predicted octanol–water partition coefficient (Wildman–Crippen LogP) is 1.67. The average molecular weight is 398 g/mol. The number of imide groups is 1. The normalized spacial score (nSPS) is 22.3. The number of anilines is 1. The largest absolute Gasteiger partial charge is 0.359 e. The molecule has 2 fully saturated rings. The van der Waals surface area contributed by atoms with E-state index in [1.165, 1.54) is 0 Å². The van der Waals surface area contributed by atoms with E-state index in [4.69, 9.17) is 4.52 Å². The van der Waals surface area contributed by atoms with E-state index in [0.717, 1.165) is 0 Å². The lowest BCUT2D eigenvalue weighted by molar-refractivity contribution is -0.127. The van der Waals surface area contributed by atoms with Crippen LogP contribution in [0.1, 0.15) is 29.9 Å². The predicted molar refractivity (Wildman–Crippen MR) is 102 cm³/mol. The Morgan fingerprint density at radius 1 is 1.31 bits per heavy atom. The van der Waals surface area contributed by atoms with Gasteiger partial charge < -0.3 is 20.1 Å². The van der Waals surface area contributed by atoms with Crippen LogP contribution in [-0.2, 0) is 10.3 Å². The maximum Gasteiger partial charge on any atom is 0.322 e. The number of aromatic nitrogens is 2. The first kappa shape index (κ1) is 18.9. The van der Waals surface area contributed by atoms with E-state index < -0.39 is 11.6 Å². The molecule has 0 radical (unpaired) electrons. The molecule has 0 saturated carbocycles. The molecule has 3 N–H and O–H groups in total. The number of carbonyl (C=O) groups excluding carboxylic acids is 3. The number of nitrogens with one attached hydrogen (secondary N) is 3. The Kier molecular flexibility index (Phi) is 4.69. The van der Waals surface area contributed by atoms with E-state index in [9.17, 15) is 14.4 Å². The molecule has 0 spiro atoms. The van der Waals surface area contributed by atoms with Crippen LogP contribution in [0.25, 0.3) is 0 Å². The number of hydrogen-bond donors (Lipinski definition) is 3. The molecule has 2 aliphatic rings. The van der Waals surface area contributed by atoms with Crippen LogP contribution >= 0.6 is 0 Å². The first-order valence-corrected chi connectivity index (χ1v) is 9.44. The van der Waals surface area contributed by atoms with Gasteiger partial charge in [-0.25, -0.2) is 9.59 Å². The number of likely N-dealkylation sites (tertiary alicyclic amines) is 1. The molecule has 10 heteroatoms. The summed E-state index contributed by atoms with van der Waals surface area (Å²) in [6.45, 7) is 4.40. The summed E-state index contributed by atoms with van der Waals surface area (Å²) in [5.74, 6) is 0.00184. The molecule has 2 aliphatic heterocycles. The summed E-state index contributed by atoms with van der Waals surface area (Å²) < 4.78 is 5.08. The topological polar surface area (TPSA) is 129 Å². The minimum absolute atomic E-state index is 0.165. The lowest BCUT2D eigenvalue weighted by Crippen LogP contribution is -2.54. The molecular formula is C19H22N6O4. The number of amides is 5. The van der Waals surface area contributed by atoms with Crippen LogP contribution in [-0.4, -0.2) is 46.1 Å². The van der Waals surface area contributed by atoms with Crippen LogP contribution in [0.5, 0.6) is 0 Å². The number of nitrogens with zero attached hydrogens (tertiary/aromatic N) is 3. The van der Waals surface area contributed by atoms with Crippen molar-refractivity contribution in [3.63, 3.8) is 0 Å². The zero-order chi connectivity index (χ0) is 20.6. The van der Waals surface area contributed by atoms with E-state index in [0.29, 0.717) is 48.6 Å². The second-order valence-electron chi connectivity index (χ2n) is 7.35. The van der Waals surface area contributed by atoms with Gasteiger partial charge in [0.05, 0.1) is 0 Å². The Bertz CT molecular complexity index is 931. The summed E-state index contributed by atoms with van der Waals surface area (Å²) in [5, 5.41) is 11.9. The van der Waals surface area contributed by atoms with Crippen molar-refractivity contribution >= 4 is 23.7 Å². The third-order valence-electron chi connectivity index (χ3n) is 5.67. The third-order valence-corrected chi connectivity index (χ3v) is 5.67. The average Bonchev–Trinajstić information content (AvgIpc) is 3.21. The Balaban J connectivity index is 1.50. The first-order chi connectivity index (χ1) is 13.9. The number of pyridine rings is 1. The fraction of sp³-hybridized carbons (Fsp3) is 0.421. The van der Waals surface area contributed by atoms with Crippen LogP contribution in [0, 0.1) is 19.8 Å². The minimum atomic E-state index is -1.17. The second-order valence-corrected chi connectivity index (χ2v) is 7.35. The zero-order valence-corrected chi connectivity index (χ0v) is 16.2. The highest BCUT2D eigenvalue weighted by molar-refractivity contribution is 6.07. The molecule has 1 unspecified atom stereocenters. The van der Waals surface area contributed by atoms with Crippen molar-refractivity contribution in [1.82, 2.24) is 25.7 Å². The second kappa shape index (κ2) is 7.19. The highest BCUT2D eigenvalue weighted by Gasteiger charge is 2.53. The summed E-state index contributed by atoms with van der Waals surface area (Å²) in [7, 11) is 0. The molecule has 2 aromatic heterocycles. The highest BCUT2D eigenvalue weighted by atomic mass is 16.5. The number of rotatable bonds is 3. The van der Waals surface area contributed by atoms with Gasteiger partial charge in [0, 0.05) is 31.0 Å². The monoisotopic (exact) mass is 398 g/mol. The number of hydrogen-bond acceptors (Lipinski definition) is 6. The highest BCUT2D eigenvalue weighted by Crippen LogP contribution is 2.38. The standard InChI is InChI=1S/C19H22N6O4/c1-11-15(12(2)29-24-11)21-18(28)25-8-5-13(6-9-25)19(14-4-3-7-20-10-14)16(26)22-17(27)23-19/h3-4,7,10,13H,5-6,8-9H2,1-2H3,(H,21,28)(H2,22,23,26,27). The number of piperidine rings is 1. The van der Waals surface area contributed by atoms with Crippen molar-refractivity contribution < 1.29 is 18.9 Å². The Labute approximate surface area is 167 Å². The first-order valence-electron chi connectivity index (χ1n) is 9.44. The van der Waals surface area contributed by atoms with Crippen molar-refractivity contribution in [1.29, 1.82) is 0 Å². The fourth-order valence-electron chi connectivity index (χ4n) is 4.15. The lowest BCUT2D eigenvalue weighted by atomic mass is 9.73. The van der Waals surface area contributed by atoms with E-state index in [2.05, 4.69) is 26.1 Å². The summed E-state index contributed by atoms with van der Waals surface area (Å²) >= 11 is 0. The molecule has 152 valence electrons. The summed E-state index contributed by atoms with van der Waals surface area (Å²) in [6.07, 6.45) is 4.32. The maximum atomic E-state index is 12.8. The molecule has 1 atom stereocenters. The van der Waals surface area contributed by atoms with E-state index in [1.807, 2.05) is 0 Å². The molecule has 2 saturated heterocycles. The molecule has 29 heavy (non-hydrogen) atoms. The van der Waals surface area contributed by atoms with E-state index in [-0.39, 0.29) is 17.9 Å². The fourth-order valence-corrected chi connectivity index (χ4v) is 4.15. The molecule has 4 heterocycles. The number of carbonyl (C=O) groups is 3. The SMILES string of the molecule is Cc1noc(C)c1NC(=O)N1CCC(C2(c3cccnc3)NC(=O)NC2=O)CC1. The summed E-state index contributed by atoms with van der Waals surface area (Å²) in [4.78, 5) is 43.2. The minimum Gasteiger partial charge on any atom is -0.359 e. The molecule has 5 amide bonds. The molecular weight excluding hydrogens is 376 g/mol. The van der Waals surface area contributed by atoms with Crippen LogP contribution in [0.15, 0.2) is 29.0 Å². The van der Waals surface area contributed by atoms with Crippen LogP contribution < -0.4 is 16.0 Å². The van der Waals surface area contributed by atoms with Crippen molar-refractivity contribution in [2.45, 2.75) is 32.2 Å². The van der Waals surface area contributed by atoms with Crippen LogP contribution in [0.3, 0.4) is 0 Å². The molecule has 2 aromatic rings. The smallest absolute Gasteiger partial charge is 0.322 e. The van der Waals surface area contributed by atoms with Gasteiger partial charge in [0.25, 0.3) is 5.91 Å². The quantitative estimate of drug-likeness (QED) is 0.675. The lowest BCUT2D eigenvalue weighted by Gasteiger charge is -2.40. The van der Waals surface area contributed by atoms with E-state index in [1.54, 1.807) is 43.3 Å². The van der Waals surface area contributed by atoms with Crippen molar-refractivity contribution in [3.05, 3.63) is 41.5 Å². The van der Waals surface area contributed by atoms with Gasteiger partial charge in [-0.1, -0.05) is 11.2 Å². The van der Waals surface area contributed by atoms with Crippen molar-refractivity contribution in [2.75, 3.05) is 18.4 Å². The maximum absolute atomic E-state index is 12.8. The van der Waals surface area contributed by atoms with Crippen LogP contribution in [0.4, 0.5) is 15.3 Å². The summed E-state index contributed by atoms with van der Waals surface area (Å²) in [6, 6.07) is 2.76. The molecule has 0 aliphatic carbocycles. The van der Waals surface area contributed by atoms with Crippen molar-refractivity contribution in [2.24, 2.45) is 5.92 Å². The van der Waals surface area contributed by atoms with Gasteiger partial charge in [-0.05, 0) is 38.7 Å². The Hall–Kier alpha value is -3.43. The summed E-state index contributed by atoms with van der Waals surface area (Å²) in [5.41, 5.74) is 0.662. The van der Waals surface area contributed by atoms with Gasteiger partial charge >= 0.3 is 12.1 Å². The van der Waals surface area contributed by atoms with E-state index >= 15 is 0 Å². The molecule has 10 nitrogen and oxygen atoms in total. The molecule has 0 aromatic carbocycles. The Morgan fingerprint density at radius 3 is 2.62 bits per heavy atom. The van der Waals surface area contributed by atoms with Crippen LogP contribution in [0.2, 0.25) is 0 Å². The number of aryl methyl sites for hydroxylation is 2. The van der Waals surface area contributed by atoms with Gasteiger partial charge in [0.15, 0.2) is 11.3 Å². The Morgan fingerprint density at radius 2 is 2.07 bits per heavy atom. The van der Waals surface area contributed by atoms with Gasteiger partial charge in [-0.3, -0.25) is 15.1 Å². The molecule has 0 bridgehead atoms. The van der Waals surface area contributed by atoms with Gasteiger partial charge in [-0.2, -0.15) is 0 Å². The van der Waals surface area contributed by atoms with Gasteiger partial charge in [0.2, 0.25) is 0 Å². The van der Waals surface area contributed by atoms with Crippen molar-refractivity contribution in [3.8, 4) is 0 Å². The van der Waals surface area contributed by atoms with Gasteiger partial charge in [-0.15, -0.1) is 0 Å². The van der Waals surface area contributed by atoms with Gasteiger partial charge in [0.1, 0.15) is 11.4 Å².